The van der Waals surface area contributed by atoms with Gasteiger partial charge in [-0.25, -0.2) is 0 Å². The van der Waals surface area contributed by atoms with Crippen LogP contribution in [0.4, 0.5) is 0 Å². The van der Waals surface area contributed by atoms with Gasteiger partial charge >= 0.3 is 0 Å². The highest BCUT2D eigenvalue weighted by molar-refractivity contribution is 5.24. The Morgan fingerprint density at radius 3 is 2.71 bits per heavy atom. The fourth-order valence-electron chi connectivity index (χ4n) is 6.85. The third kappa shape index (κ3) is 1.84. The standard InChI is InChI=1S/C19H30O2/c1-18-10-3-2-5-13(18)7-8-14-15(18)9-12-19(17(20)21)11-4-6-16(14)19/h7,14-17,20-21H,2-6,8-12H2,1H3. The molecule has 0 saturated heterocycles. The number of fused-ring (bicyclic) bond motifs is 5. The van der Waals surface area contributed by atoms with E-state index in [0.29, 0.717) is 17.3 Å². The van der Waals surface area contributed by atoms with Crippen LogP contribution in [0.1, 0.15) is 71.1 Å². The molecule has 0 radical (unpaired) electrons. The third-order valence-electron chi connectivity index (χ3n) is 7.95. The summed E-state index contributed by atoms with van der Waals surface area (Å²) in [4.78, 5) is 0. The second kappa shape index (κ2) is 4.83. The van der Waals surface area contributed by atoms with Crippen molar-refractivity contribution in [2.24, 2.45) is 28.6 Å². The highest BCUT2D eigenvalue weighted by atomic mass is 16.5. The van der Waals surface area contributed by atoms with Crippen molar-refractivity contribution in [1.82, 2.24) is 0 Å². The summed E-state index contributed by atoms with van der Waals surface area (Å²) in [6.07, 6.45) is 13.8. The summed E-state index contributed by atoms with van der Waals surface area (Å²) in [5.74, 6) is 2.05. The van der Waals surface area contributed by atoms with Gasteiger partial charge in [0.15, 0.2) is 6.29 Å². The first-order valence-electron chi connectivity index (χ1n) is 9.13. The maximum Gasteiger partial charge on any atom is 0.157 e. The summed E-state index contributed by atoms with van der Waals surface area (Å²) in [5, 5.41) is 20.1. The predicted octanol–water partition coefficient (Wildman–Crippen LogP) is 4.02. The minimum absolute atomic E-state index is 0.169. The van der Waals surface area contributed by atoms with Gasteiger partial charge in [0.05, 0.1) is 0 Å². The van der Waals surface area contributed by atoms with E-state index in [1.165, 1.54) is 51.4 Å². The maximum absolute atomic E-state index is 10.1. The summed E-state index contributed by atoms with van der Waals surface area (Å²) in [7, 11) is 0. The molecule has 118 valence electrons. The van der Waals surface area contributed by atoms with Crippen LogP contribution in [0.15, 0.2) is 11.6 Å². The number of hydrogen-bond donors (Lipinski definition) is 2. The van der Waals surface area contributed by atoms with Crippen LogP contribution in [-0.2, 0) is 0 Å². The Morgan fingerprint density at radius 2 is 1.90 bits per heavy atom. The smallest absolute Gasteiger partial charge is 0.157 e. The Morgan fingerprint density at radius 1 is 1.05 bits per heavy atom. The topological polar surface area (TPSA) is 40.5 Å². The van der Waals surface area contributed by atoms with Crippen molar-refractivity contribution in [3.8, 4) is 0 Å². The molecule has 0 amide bonds. The van der Waals surface area contributed by atoms with E-state index in [9.17, 15) is 10.2 Å². The summed E-state index contributed by atoms with van der Waals surface area (Å²) < 4.78 is 0. The maximum atomic E-state index is 10.1. The molecular weight excluding hydrogens is 260 g/mol. The second-order valence-corrected chi connectivity index (χ2v) is 8.50. The molecular formula is C19H30O2. The van der Waals surface area contributed by atoms with Crippen LogP contribution in [0.5, 0.6) is 0 Å². The molecule has 3 saturated carbocycles. The van der Waals surface area contributed by atoms with Crippen LogP contribution in [0.3, 0.4) is 0 Å². The third-order valence-corrected chi connectivity index (χ3v) is 7.95. The first kappa shape index (κ1) is 14.3. The van der Waals surface area contributed by atoms with Crippen LogP contribution in [0, 0.1) is 28.6 Å². The molecule has 4 rings (SSSR count). The average Bonchev–Trinajstić information content (AvgIpc) is 2.92. The fourth-order valence-corrected chi connectivity index (χ4v) is 6.85. The van der Waals surface area contributed by atoms with Gasteiger partial charge in [0.1, 0.15) is 0 Å². The SMILES string of the molecule is CC12CCCCC1=CCC1C2CCC2(C(O)O)CCCC12. The molecule has 0 aliphatic heterocycles. The second-order valence-electron chi connectivity index (χ2n) is 8.50. The van der Waals surface area contributed by atoms with Gasteiger partial charge in [-0.3, -0.25) is 0 Å². The number of aliphatic hydroxyl groups excluding tert-OH is 1. The van der Waals surface area contributed by atoms with Crippen molar-refractivity contribution in [1.29, 1.82) is 0 Å². The van der Waals surface area contributed by atoms with Crippen molar-refractivity contribution in [2.45, 2.75) is 77.4 Å². The lowest BCUT2D eigenvalue weighted by Crippen LogP contribution is -2.52. The quantitative estimate of drug-likeness (QED) is 0.565. The zero-order chi connectivity index (χ0) is 14.7. The van der Waals surface area contributed by atoms with Gasteiger partial charge in [-0.15, -0.1) is 0 Å². The highest BCUT2D eigenvalue weighted by Gasteiger charge is 2.58. The molecule has 5 unspecified atom stereocenters. The molecule has 0 aromatic carbocycles. The van der Waals surface area contributed by atoms with Gasteiger partial charge in [0.2, 0.25) is 0 Å². The van der Waals surface area contributed by atoms with E-state index in [1.807, 2.05) is 0 Å². The molecule has 21 heavy (non-hydrogen) atoms. The van der Waals surface area contributed by atoms with Gasteiger partial charge in [-0.1, -0.05) is 31.4 Å². The molecule has 0 aromatic heterocycles. The zero-order valence-corrected chi connectivity index (χ0v) is 13.4. The minimum atomic E-state index is -1.10. The van der Waals surface area contributed by atoms with Gasteiger partial charge in [0.25, 0.3) is 0 Å². The van der Waals surface area contributed by atoms with Crippen molar-refractivity contribution in [3.63, 3.8) is 0 Å². The van der Waals surface area contributed by atoms with Crippen molar-refractivity contribution in [3.05, 3.63) is 11.6 Å². The normalized spacial score (nSPS) is 49.3. The van der Waals surface area contributed by atoms with Crippen LogP contribution >= 0.6 is 0 Å². The Hall–Kier alpha value is -0.340. The molecule has 2 nitrogen and oxygen atoms in total. The van der Waals surface area contributed by atoms with E-state index in [-0.39, 0.29) is 5.41 Å². The Kier molecular flexibility index (Phi) is 3.28. The lowest BCUT2D eigenvalue weighted by Gasteiger charge is -2.57. The van der Waals surface area contributed by atoms with Gasteiger partial charge in [0, 0.05) is 5.41 Å². The van der Waals surface area contributed by atoms with E-state index >= 15 is 0 Å². The van der Waals surface area contributed by atoms with E-state index in [0.717, 1.165) is 18.8 Å². The highest BCUT2D eigenvalue weighted by Crippen LogP contribution is 2.65. The lowest BCUT2D eigenvalue weighted by atomic mass is 9.48. The van der Waals surface area contributed by atoms with Crippen molar-refractivity contribution >= 4 is 0 Å². The summed E-state index contributed by atoms with van der Waals surface area (Å²) in [5.41, 5.74) is 2.00. The van der Waals surface area contributed by atoms with Crippen LogP contribution in [0.25, 0.3) is 0 Å². The summed E-state index contributed by atoms with van der Waals surface area (Å²) in [6.45, 7) is 2.52. The molecule has 3 fully saturated rings. The van der Waals surface area contributed by atoms with Gasteiger partial charge < -0.3 is 10.2 Å². The Labute approximate surface area is 128 Å². The predicted molar refractivity (Wildman–Crippen MR) is 83.5 cm³/mol. The largest absolute Gasteiger partial charge is 0.368 e. The number of rotatable bonds is 1. The van der Waals surface area contributed by atoms with Crippen molar-refractivity contribution < 1.29 is 10.2 Å². The Balaban J connectivity index is 1.69. The van der Waals surface area contributed by atoms with Crippen LogP contribution < -0.4 is 0 Å². The molecule has 0 bridgehead atoms. The Bertz CT molecular complexity index is 454. The van der Waals surface area contributed by atoms with Gasteiger partial charge in [-0.2, -0.15) is 0 Å². The number of allylic oxidation sites excluding steroid dienone is 2. The number of hydrogen-bond acceptors (Lipinski definition) is 2. The monoisotopic (exact) mass is 290 g/mol. The number of aliphatic hydroxyl groups is 2. The average molecular weight is 290 g/mol. The molecule has 4 aliphatic carbocycles. The van der Waals surface area contributed by atoms with E-state index in [1.54, 1.807) is 5.57 Å². The van der Waals surface area contributed by atoms with E-state index in [4.69, 9.17) is 0 Å². The molecule has 0 aromatic rings. The molecule has 0 heterocycles. The minimum Gasteiger partial charge on any atom is -0.368 e. The fraction of sp³-hybridized carbons (Fsp3) is 0.895. The lowest BCUT2D eigenvalue weighted by molar-refractivity contribution is -0.186. The molecule has 0 spiro atoms. The first-order valence-corrected chi connectivity index (χ1v) is 9.13. The summed E-state index contributed by atoms with van der Waals surface area (Å²) in [6, 6.07) is 0. The first-order chi connectivity index (χ1) is 10.1. The molecule has 5 atom stereocenters. The zero-order valence-electron chi connectivity index (χ0n) is 13.4. The van der Waals surface area contributed by atoms with E-state index in [2.05, 4.69) is 13.0 Å². The molecule has 2 heteroatoms. The molecule has 2 N–H and O–H groups in total. The molecule has 4 aliphatic rings. The van der Waals surface area contributed by atoms with Crippen LogP contribution in [-0.4, -0.2) is 16.5 Å². The summed E-state index contributed by atoms with van der Waals surface area (Å²) >= 11 is 0. The van der Waals surface area contributed by atoms with Crippen LogP contribution in [0.2, 0.25) is 0 Å². The van der Waals surface area contributed by atoms with Gasteiger partial charge in [-0.05, 0) is 74.5 Å². The van der Waals surface area contributed by atoms with Crippen molar-refractivity contribution in [2.75, 3.05) is 0 Å². The van der Waals surface area contributed by atoms with E-state index < -0.39 is 6.29 Å².